The molecule has 3 aromatic rings. The van der Waals surface area contributed by atoms with Crippen molar-refractivity contribution in [3.8, 4) is 0 Å². The maximum atomic E-state index is 2.26. The van der Waals surface area contributed by atoms with Crippen molar-refractivity contribution in [2.24, 2.45) is 0 Å². The summed E-state index contributed by atoms with van der Waals surface area (Å²) in [7, 11) is 2.11. The Morgan fingerprint density at radius 2 is 1.19 bits per heavy atom. The summed E-state index contributed by atoms with van der Waals surface area (Å²) in [4.78, 5) is 2.22. The fraction of sp³-hybridized carbons (Fsp3) is 0.100. The number of nitrogens with zero attached hydrogens (tertiary/aromatic N) is 1. The van der Waals surface area contributed by atoms with E-state index in [9.17, 15) is 0 Å². The van der Waals surface area contributed by atoms with E-state index in [1.165, 1.54) is 22.5 Å². The summed E-state index contributed by atoms with van der Waals surface area (Å²) < 4.78 is 0. The molecule has 0 aromatic heterocycles. The Balaban J connectivity index is 1.83. The molecule has 21 heavy (non-hydrogen) atoms. The molecule has 0 radical (unpaired) electrons. The minimum atomic E-state index is 0.970. The van der Waals surface area contributed by atoms with E-state index < -0.39 is 0 Å². The molecule has 0 heterocycles. The van der Waals surface area contributed by atoms with Gasteiger partial charge in [0.05, 0.1) is 0 Å². The molecule has 0 saturated carbocycles. The second-order valence-corrected chi connectivity index (χ2v) is 5.23. The first-order chi connectivity index (χ1) is 10.3. The van der Waals surface area contributed by atoms with Crippen molar-refractivity contribution < 1.29 is 0 Å². The number of hydrogen-bond acceptors (Lipinski definition) is 1. The normalized spacial score (nSPS) is 10.3. The quantitative estimate of drug-likeness (QED) is 0.643. The van der Waals surface area contributed by atoms with Crippen LogP contribution in [0.1, 0.15) is 11.1 Å². The van der Waals surface area contributed by atoms with E-state index in [1.807, 2.05) is 6.07 Å². The van der Waals surface area contributed by atoms with E-state index in [-0.39, 0.29) is 0 Å². The third-order valence-electron chi connectivity index (χ3n) is 3.69. The van der Waals surface area contributed by atoms with Gasteiger partial charge in [0.2, 0.25) is 0 Å². The maximum Gasteiger partial charge on any atom is 0.0410 e. The third-order valence-corrected chi connectivity index (χ3v) is 3.69. The van der Waals surface area contributed by atoms with Crippen LogP contribution in [0.4, 0.5) is 11.4 Å². The van der Waals surface area contributed by atoms with Crippen LogP contribution in [-0.2, 0) is 6.42 Å². The highest BCUT2D eigenvalue weighted by atomic mass is 15.1. The molecule has 1 heteroatoms. The van der Waals surface area contributed by atoms with Gasteiger partial charge in [-0.3, -0.25) is 0 Å². The molecular weight excluding hydrogens is 254 g/mol. The molecule has 0 saturated heterocycles. The van der Waals surface area contributed by atoms with Crippen LogP contribution in [-0.4, -0.2) is 7.05 Å². The summed E-state index contributed by atoms with van der Waals surface area (Å²) in [5, 5.41) is 0. The van der Waals surface area contributed by atoms with E-state index in [2.05, 4.69) is 90.8 Å². The van der Waals surface area contributed by atoms with Crippen LogP contribution in [0.3, 0.4) is 0 Å². The second kappa shape index (κ2) is 6.27. The Hall–Kier alpha value is -2.54. The van der Waals surface area contributed by atoms with Crippen molar-refractivity contribution in [3.63, 3.8) is 0 Å². The summed E-state index contributed by atoms with van der Waals surface area (Å²) in [6.45, 7) is 0. The molecule has 0 aliphatic rings. The van der Waals surface area contributed by atoms with Gasteiger partial charge in [-0.15, -0.1) is 0 Å². The number of anilines is 2. The average molecular weight is 273 g/mol. The minimum absolute atomic E-state index is 0.970. The van der Waals surface area contributed by atoms with Crippen molar-refractivity contribution in [1.29, 1.82) is 0 Å². The van der Waals surface area contributed by atoms with Gasteiger partial charge in [-0.05, 0) is 41.8 Å². The molecule has 0 spiro atoms. The fourth-order valence-corrected chi connectivity index (χ4v) is 2.51. The van der Waals surface area contributed by atoms with Gasteiger partial charge in [-0.1, -0.05) is 60.7 Å². The van der Waals surface area contributed by atoms with Gasteiger partial charge in [-0.2, -0.15) is 0 Å². The largest absolute Gasteiger partial charge is 0.345 e. The number of para-hydroxylation sites is 1. The van der Waals surface area contributed by atoms with E-state index >= 15 is 0 Å². The fourth-order valence-electron chi connectivity index (χ4n) is 2.51. The van der Waals surface area contributed by atoms with Crippen molar-refractivity contribution in [2.75, 3.05) is 11.9 Å². The highest BCUT2D eigenvalue weighted by molar-refractivity contribution is 5.63. The summed E-state index contributed by atoms with van der Waals surface area (Å²) in [6.07, 6.45) is 0.970. The van der Waals surface area contributed by atoms with Crippen LogP contribution in [0.25, 0.3) is 0 Å². The molecule has 0 aliphatic carbocycles. The topological polar surface area (TPSA) is 3.24 Å². The van der Waals surface area contributed by atoms with Gasteiger partial charge >= 0.3 is 0 Å². The van der Waals surface area contributed by atoms with E-state index in [4.69, 9.17) is 0 Å². The zero-order valence-corrected chi connectivity index (χ0v) is 12.2. The Labute approximate surface area is 126 Å². The molecule has 0 N–H and O–H groups in total. The van der Waals surface area contributed by atoms with Crippen LogP contribution >= 0.6 is 0 Å². The monoisotopic (exact) mass is 273 g/mol. The van der Waals surface area contributed by atoms with Crippen molar-refractivity contribution >= 4 is 11.4 Å². The average Bonchev–Trinajstić information content (AvgIpc) is 2.56. The lowest BCUT2D eigenvalue weighted by atomic mass is 10.0. The lowest BCUT2D eigenvalue weighted by Gasteiger charge is -2.20. The summed E-state index contributed by atoms with van der Waals surface area (Å²) in [5.41, 5.74) is 5.10. The first kappa shape index (κ1) is 13.4. The molecule has 0 fully saturated rings. The van der Waals surface area contributed by atoms with Gasteiger partial charge in [-0.25, -0.2) is 0 Å². The third kappa shape index (κ3) is 3.32. The zero-order valence-electron chi connectivity index (χ0n) is 12.2. The summed E-state index contributed by atoms with van der Waals surface area (Å²) in [5.74, 6) is 0. The molecule has 0 bridgehead atoms. The molecule has 0 amide bonds. The zero-order chi connectivity index (χ0) is 14.5. The Bertz CT molecular complexity index is 689. The summed E-state index contributed by atoms with van der Waals surface area (Å²) in [6, 6.07) is 29.8. The first-order valence-corrected chi connectivity index (χ1v) is 7.24. The Kier molecular flexibility index (Phi) is 4.02. The molecule has 0 aliphatic heterocycles. The Morgan fingerprint density at radius 1 is 0.619 bits per heavy atom. The smallest absolute Gasteiger partial charge is 0.0410 e. The van der Waals surface area contributed by atoms with Crippen molar-refractivity contribution in [2.45, 2.75) is 6.42 Å². The van der Waals surface area contributed by atoms with E-state index in [0.29, 0.717) is 0 Å². The molecule has 1 nitrogen and oxygen atoms in total. The molecule has 0 atom stereocenters. The van der Waals surface area contributed by atoms with E-state index in [0.717, 1.165) is 6.42 Å². The van der Waals surface area contributed by atoms with Gasteiger partial charge in [0, 0.05) is 18.4 Å². The highest BCUT2D eigenvalue weighted by Crippen LogP contribution is 2.24. The number of hydrogen-bond donors (Lipinski definition) is 0. The minimum Gasteiger partial charge on any atom is -0.345 e. The maximum absolute atomic E-state index is 2.26. The lowest BCUT2D eigenvalue weighted by molar-refractivity contribution is 1.16. The van der Waals surface area contributed by atoms with Crippen LogP contribution in [0, 0.1) is 0 Å². The predicted octanol–water partition coefficient (Wildman–Crippen LogP) is 5.05. The van der Waals surface area contributed by atoms with E-state index in [1.54, 1.807) is 0 Å². The van der Waals surface area contributed by atoms with Crippen LogP contribution < -0.4 is 4.90 Å². The van der Waals surface area contributed by atoms with Crippen LogP contribution in [0.15, 0.2) is 84.9 Å². The Morgan fingerprint density at radius 3 is 1.90 bits per heavy atom. The summed E-state index contributed by atoms with van der Waals surface area (Å²) >= 11 is 0. The SMILES string of the molecule is CN(c1ccccc1)c1cccc(Cc2ccccc2)c1. The molecular formula is C20H19N. The highest BCUT2D eigenvalue weighted by Gasteiger charge is 2.04. The molecule has 0 unspecified atom stereocenters. The van der Waals surface area contributed by atoms with Crippen molar-refractivity contribution in [3.05, 3.63) is 96.1 Å². The first-order valence-electron chi connectivity index (χ1n) is 7.24. The van der Waals surface area contributed by atoms with Gasteiger partial charge in [0.15, 0.2) is 0 Å². The van der Waals surface area contributed by atoms with Gasteiger partial charge in [0.1, 0.15) is 0 Å². The molecule has 3 rings (SSSR count). The van der Waals surface area contributed by atoms with Gasteiger partial charge < -0.3 is 4.90 Å². The predicted molar refractivity (Wildman–Crippen MR) is 90.2 cm³/mol. The van der Waals surface area contributed by atoms with Crippen molar-refractivity contribution in [1.82, 2.24) is 0 Å². The standard InChI is InChI=1S/C20H19N/c1-21(19-12-6-3-7-13-19)20-14-8-11-18(16-20)15-17-9-4-2-5-10-17/h2-14,16H,15H2,1H3. The van der Waals surface area contributed by atoms with Gasteiger partial charge in [0.25, 0.3) is 0 Å². The van der Waals surface area contributed by atoms with Crippen LogP contribution in [0.5, 0.6) is 0 Å². The van der Waals surface area contributed by atoms with Crippen LogP contribution in [0.2, 0.25) is 0 Å². The molecule has 3 aromatic carbocycles. The number of rotatable bonds is 4. The number of benzene rings is 3. The second-order valence-electron chi connectivity index (χ2n) is 5.23. The molecule has 104 valence electrons. The lowest BCUT2D eigenvalue weighted by Crippen LogP contribution is -2.09.